The van der Waals surface area contributed by atoms with Crippen LogP contribution in [0.25, 0.3) is 0 Å². The average molecular weight is 365 g/mol. The topological polar surface area (TPSA) is 116 Å². The van der Waals surface area contributed by atoms with Gasteiger partial charge in [0.15, 0.2) is 5.82 Å². The highest BCUT2D eigenvalue weighted by atomic mass is 16.6. The molecule has 1 aliphatic rings. The minimum absolute atomic E-state index is 0.0596. The van der Waals surface area contributed by atoms with Crippen molar-refractivity contribution in [3.63, 3.8) is 0 Å². The average Bonchev–Trinajstić information content (AvgIpc) is 3.17. The molecule has 9 nitrogen and oxygen atoms in total. The number of imide groups is 1. The second kappa shape index (κ2) is 6.06. The lowest BCUT2D eigenvalue weighted by Gasteiger charge is -2.08. The lowest BCUT2D eigenvalue weighted by atomic mass is 10.1. The predicted molar refractivity (Wildman–Crippen MR) is 92.0 cm³/mol. The smallest absolute Gasteiger partial charge is 0.269 e. The number of rotatable bonds is 4. The van der Waals surface area contributed by atoms with E-state index in [1.165, 1.54) is 42.5 Å². The molecule has 1 aliphatic heterocycles. The van der Waals surface area contributed by atoms with Crippen molar-refractivity contribution in [1.29, 1.82) is 0 Å². The van der Waals surface area contributed by atoms with Gasteiger partial charge in [0, 0.05) is 18.2 Å². The van der Waals surface area contributed by atoms with Crippen LogP contribution >= 0.6 is 0 Å². The first kappa shape index (κ1) is 16.5. The van der Waals surface area contributed by atoms with E-state index in [1.807, 2.05) is 0 Å². The van der Waals surface area contributed by atoms with Gasteiger partial charge in [0.05, 0.1) is 16.1 Å². The number of anilines is 1. The van der Waals surface area contributed by atoms with E-state index in [2.05, 4.69) is 5.16 Å². The van der Waals surface area contributed by atoms with Gasteiger partial charge in [-0.2, -0.15) is 0 Å². The fourth-order valence-corrected chi connectivity index (χ4v) is 2.72. The summed E-state index contributed by atoms with van der Waals surface area (Å²) in [6.07, 6.45) is 0. The Hall–Kier alpha value is -4.01. The van der Waals surface area contributed by atoms with Crippen molar-refractivity contribution in [3.05, 3.63) is 75.5 Å². The molecule has 0 spiro atoms. The first-order valence-electron chi connectivity index (χ1n) is 7.82. The van der Waals surface area contributed by atoms with Crippen molar-refractivity contribution in [3.8, 4) is 11.5 Å². The maximum Gasteiger partial charge on any atom is 0.269 e. The van der Waals surface area contributed by atoms with E-state index >= 15 is 0 Å². The van der Waals surface area contributed by atoms with Crippen LogP contribution in [0.5, 0.6) is 11.5 Å². The molecule has 0 bridgehead atoms. The van der Waals surface area contributed by atoms with Gasteiger partial charge in [-0.15, -0.1) is 0 Å². The van der Waals surface area contributed by atoms with Crippen LogP contribution in [0.15, 0.2) is 53.1 Å². The van der Waals surface area contributed by atoms with Crippen molar-refractivity contribution in [2.24, 2.45) is 0 Å². The van der Waals surface area contributed by atoms with Gasteiger partial charge >= 0.3 is 0 Å². The Morgan fingerprint density at radius 3 is 2.30 bits per heavy atom. The molecule has 2 aromatic carbocycles. The van der Waals surface area contributed by atoms with Crippen LogP contribution in [0.1, 0.15) is 26.5 Å². The van der Waals surface area contributed by atoms with E-state index in [9.17, 15) is 19.7 Å². The Kier molecular flexibility index (Phi) is 3.69. The summed E-state index contributed by atoms with van der Waals surface area (Å²) in [5.74, 6) is 0.256. The van der Waals surface area contributed by atoms with Crippen LogP contribution in [0.4, 0.5) is 11.5 Å². The molecule has 27 heavy (non-hydrogen) atoms. The number of aromatic nitrogens is 1. The standard InChI is InChI=1S/C18H11N3O6/c1-10-8-16(19-27-10)20-17(22)14-7-6-13(9-15(14)18(20)23)26-12-4-2-11(3-5-12)21(24)25/h2-9H,1H3. The molecule has 9 heteroatoms. The molecular formula is C18H11N3O6. The van der Waals surface area contributed by atoms with Crippen molar-refractivity contribution in [1.82, 2.24) is 5.16 Å². The summed E-state index contributed by atoms with van der Waals surface area (Å²) in [5.41, 5.74) is 0.354. The number of carbonyl (C=O) groups is 2. The Balaban J connectivity index is 1.62. The summed E-state index contributed by atoms with van der Waals surface area (Å²) in [5, 5.41) is 14.4. The minimum Gasteiger partial charge on any atom is -0.457 e. The number of nitro benzene ring substituents is 1. The molecule has 2 amide bonds. The van der Waals surface area contributed by atoms with E-state index in [-0.39, 0.29) is 22.6 Å². The number of amides is 2. The van der Waals surface area contributed by atoms with Gasteiger partial charge in [-0.05, 0) is 37.3 Å². The van der Waals surface area contributed by atoms with Gasteiger partial charge < -0.3 is 9.26 Å². The van der Waals surface area contributed by atoms with Crippen LogP contribution < -0.4 is 9.64 Å². The van der Waals surface area contributed by atoms with Crippen LogP contribution in [-0.2, 0) is 0 Å². The molecule has 4 rings (SSSR count). The second-order valence-corrected chi connectivity index (χ2v) is 5.80. The number of fused-ring (bicyclic) bond motifs is 1. The quantitative estimate of drug-likeness (QED) is 0.395. The highest BCUT2D eigenvalue weighted by Crippen LogP contribution is 2.32. The van der Waals surface area contributed by atoms with Gasteiger partial charge in [-0.1, -0.05) is 5.16 Å². The largest absolute Gasteiger partial charge is 0.457 e. The molecule has 2 heterocycles. The minimum atomic E-state index is -0.530. The number of aryl methyl sites for hydroxylation is 1. The number of nitro groups is 1. The molecular weight excluding hydrogens is 354 g/mol. The predicted octanol–water partition coefficient (Wildman–Crippen LogP) is 3.48. The van der Waals surface area contributed by atoms with Gasteiger partial charge in [0.1, 0.15) is 17.3 Å². The molecule has 3 aromatic rings. The van der Waals surface area contributed by atoms with Gasteiger partial charge in [0.2, 0.25) is 0 Å². The van der Waals surface area contributed by atoms with E-state index in [0.717, 1.165) is 4.90 Å². The summed E-state index contributed by atoms with van der Waals surface area (Å²) in [6, 6.07) is 11.5. The number of benzene rings is 2. The first-order chi connectivity index (χ1) is 12.9. The summed E-state index contributed by atoms with van der Waals surface area (Å²) in [6.45, 7) is 1.66. The maximum atomic E-state index is 12.6. The molecule has 0 N–H and O–H groups in total. The third-order valence-corrected chi connectivity index (χ3v) is 3.99. The molecule has 0 saturated heterocycles. The molecule has 1 aromatic heterocycles. The molecule has 0 atom stereocenters. The number of nitrogens with zero attached hydrogens (tertiary/aromatic N) is 3. The molecule has 0 radical (unpaired) electrons. The zero-order chi connectivity index (χ0) is 19.1. The highest BCUT2D eigenvalue weighted by Gasteiger charge is 2.38. The van der Waals surface area contributed by atoms with E-state index in [4.69, 9.17) is 9.26 Å². The number of non-ortho nitro benzene ring substituents is 1. The van der Waals surface area contributed by atoms with E-state index < -0.39 is 16.7 Å². The van der Waals surface area contributed by atoms with Gasteiger partial charge in [-0.25, -0.2) is 4.90 Å². The number of ether oxygens (including phenoxy) is 1. The maximum absolute atomic E-state index is 12.6. The van der Waals surface area contributed by atoms with Crippen LogP contribution in [0, 0.1) is 17.0 Å². The summed E-state index contributed by atoms with van der Waals surface area (Å²) in [7, 11) is 0. The first-order valence-corrected chi connectivity index (χ1v) is 7.82. The molecule has 0 saturated carbocycles. The van der Waals surface area contributed by atoms with Crippen molar-refractivity contribution >= 4 is 23.3 Å². The van der Waals surface area contributed by atoms with Crippen molar-refractivity contribution < 1.29 is 23.8 Å². The zero-order valence-corrected chi connectivity index (χ0v) is 13.9. The lowest BCUT2D eigenvalue weighted by Crippen LogP contribution is -2.29. The molecule has 0 unspecified atom stereocenters. The SMILES string of the molecule is Cc1cc(N2C(=O)c3ccc(Oc4ccc([N+](=O)[O-])cc4)cc3C2=O)no1. The Labute approximate surface area is 151 Å². The number of carbonyl (C=O) groups excluding carboxylic acids is 2. The van der Waals surface area contributed by atoms with E-state index in [0.29, 0.717) is 17.3 Å². The van der Waals surface area contributed by atoms with E-state index in [1.54, 1.807) is 13.0 Å². The van der Waals surface area contributed by atoms with Gasteiger partial charge in [-0.3, -0.25) is 19.7 Å². The van der Waals surface area contributed by atoms with Crippen molar-refractivity contribution in [2.75, 3.05) is 4.90 Å². The Morgan fingerprint density at radius 1 is 1.00 bits per heavy atom. The van der Waals surface area contributed by atoms with Crippen LogP contribution in [0.2, 0.25) is 0 Å². The third kappa shape index (κ3) is 2.80. The van der Waals surface area contributed by atoms with Crippen molar-refractivity contribution in [2.45, 2.75) is 6.92 Å². The zero-order valence-electron chi connectivity index (χ0n) is 13.9. The summed E-state index contributed by atoms with van der Waals surface area (Å²) < 4.78 is 10.6. The van der Waals surface area contributed by atoms with Crippen LogP contribution in [-0.4, -0.2) is 21.9 Å². The number of hydrogen-bond donors (Lipinski definition) is 0. The Bertz CT molecular complexity index is 1090. The fraction of sp³-hybridized carbons (Fsp3) is 0.0556. The van der Waals surface area contributed by atoms with Crippen LogP contribution in [0.3, 0.4) is 0 Å². The molecule has 134 valence electrons. The summed E-state index contributed by atoms with van der Waals surface area (Å²) >= 11 is 0. The fourth-order valence-electron chi connectivity index (χ4n) is 2.72. The highest BCUT2D eigenvalue weighted by molar-refractivity contribution is 6.34. The monoisotopic (exact) mass is 365 g/mol. The lowest BCUT2D eigenvalue weighted by molar-refractivity contribution is -0.384. The molecule has 0 aliphatic carbocycles. The number of hydrogen-bond acceptors (Lipinski definition) is 7. The normalized spacial score (nSPS) is 13.0. The molecule has 0 fully saturated rings. The second-order valence-electron chi connectivity index (χ2n) is 5.80. The third-order valence-electron chi connectivity index (χ3n) is 3.99. The Morgan fingerprint density at radius 2 is 1.67 bits per heavy atom. The summed E-state index contributed by atoms with van der Waals surface area (Å²) in [4.78, 5) is 36.3. The van der Waals surface area contributed by atoms with Gasteiger partial charge in [0.25, 0.3) is 17.5 Å².